The van der Waals surface area contributed by atoms with Gasteiger partial charge in [-0.15, -0.1) is 0 Å². The molecule has 1 atom stereocenters. The highest BCUT2D eigenvalue weighted by Gasteiger charge is 2.21. The second kappa shape index (κ2) is 9.31. The van der Waals surface area contributed by atoms with Gasteiger partial charge in [-0.05, 0) is 62.8 Å². The maximum absolute atomic E-state index is 12.2. The Morgan fingerprint density at radius 3 is 2.56 bits per heavy atom. The minimum absolute atomic E-state index is 0.130. The van der Waals surface area contributed by atoms with Crippen LogP contribution in [0.15, 0.2) is 29.2 Å². The van der Waals surface area contributed by atoms with Gasteiger partial charge in [0.2, 0.25) is 10.0 Å². The first-order valence-corrected chi connectivity index (χ1v) is 10.4. The summed E-state index contributed by atoms with van der Waals surface area (Å²) in [5.41, 5.74) is 0.446. The van der Waals surface area contributed by atoms with Gasteiger partial charge >= 0.3 is 0 Å². The molecular formula is C18H28N2O4S. The van der Waals surface area contributed by atoms with Crippen LogP contribution in [0, 0.1) is 5.92 Å². The molecule has 140 valence electrons. The van der Waals surface area contributed by atoms with E-state index in [2.05, 4.69) is 10.0 Å². The lowest BCUT2D eigenvalue weighted by molar-refractivity contribution is 0.0937. The predicted molar refractivity (Wildman–Crippen MR) is 97.0 cm³/mol. The number of nitrogens with one attached hydrogen (secondary N) is 2. The molecule has 0 bridgehead atoms. The topological polar surface area (TPSA) is 84.5 Å². The Hall–Kier alpha value is -1.44. The number of ether oxygens (including phenoxy) is 1. The number of carbonyl (C=O) groups is 1. The summed E-state index contributed by atoms with van der Waals surface area (Å²) in [7, 11) is -3.54. The van der Waals surface area contributed by atoms with Crippen molar-refractivity contribution in [3.05, 3.63) is 29.8 Å². The normalized spacial score (nSPS) is 15.8. The third-order valence-electron chi connectivity index (χ3n) is 4.20. The molecule has 1 aliphatic rings. The summed E-state index contributed by atoms with van der Waals surface area (Å²) in [4.78, 5) is 12.2. The van der Waals surface area contributed by atoms with Crippen LogP contribution in [0.25, 0.3) is 0 Å². The third kappa shape index (κ3) is 6.76. The average Bonchev–Trinajstić information content (AvgIpc) is 3.41. The van der Waals surface area contributed by atoms with Crippen molar-refractivity contribution in [2.45, 2.75) is 50.5 Å². The molecule has 1 aromatic carbocycles. The van der Waals surface area contributed by atoms with Gasteiger partial charge in [0.25, 0.3) is 5.91 Å². The SMILES string of the molecule is CCC(C)NS(=O)(=O)c1ccc(C(=O)NCCCOCC2CC2)cc1. The maximum Gasteiger partial charge on any atom is 0.251 e. The zero-order valence-corrected chi connectivity index (χ0v) is 15.8. The standard InChI is InChI=1S/C18H28N2O4S/c1-3-14(2)20-25(22,23)17-9-7-16(8-10-17)18(21)19-11-4-12-24-13-15-5-6-15/h7-10,14-15,20H,3-6,11-13H2,1-2H3,(H,19,21). The van der Waals surface area contributed by atoms with Gasteiger partial charge in [-0.25, -0.2) is 13.1 Å². The Kier molecular flexibility index (Phi) is 7.40. The minimum atomic E-state index is -3.54. The summed E-state index contributed by atoms with van der Waals surface area (Å²) in [5.74, 6) is 0.542. The predicted octanol–water partition coefficient (Wildman–Crippen LogP) is 2.31. The number of hydrogen-bond acceptors (Lipinski definition) is 4. The van der Waals surface area contributed by atoms with Gasteiger partial charge in [0.15, 0.2) is 0 Å². The Morgan fingerprint density at radius 1 is 1.28 bits per heavy atom. The second-order valence-electron chi connectivity index (χ2n) is 6.58. The molecular weight excluding hydrogens is 340 g/mol. The van der Waals surface area contributed by atoms with Crippen molar-refractivity contribution in [1.29, 1.82) is 0 Å². The summed E-state index contributed by atoms with van der Waals surface area (Å²) in [5, 5.41) is 2.82. The fraction of sp³-hybridized carbons (Fsp3) is 0.611. The van der Waals surface area contributed by atoms with Crippen LogP contribution in [0.3, 0.4) is 0 Å². The van der Waals surface area contributed by atoms with E-state index in [1.807, 2.05) is 13.8 Å². The first-order valence-electron chi connectivity index (χ1n) is 8.90. The number of sulfonamides is 1. The van der Waals surface area contributed by atoms with Crippen LogP contribution in [0.2, 0.25) is 0 Å². The molecule has 1 saturated carbocycles. The van der Waals surface area contributed by atoms with E-state index in [0.29, 0.717) is 25.1 Å². The summed E-state index contributed by atoms with van der Waals surface area (Å²) in [6.07, 6.45) is 4.03. The van der Waals surface area contributed by atoms with Crippen molar-refractivity contribution in [2.75, 3.05) is 19.8 Å². The number of carbonyl (C=O) groups excluding carboxylic acids is 1. The molecule has 0 aromatic heterocycles. The van der Waals surface area contributed by atoms with Crippen molar-refractivity contribution in [3.8, 4) is 0 Å². The molecule has 1 amide bonds. The second-order valence-corrected chi connectivity index (χ2v) is 8.30. The lowest BCUT2D eigenvalue weighted by Crippen LogP contribution is -2.32. The van der Waals surface area contributed by atoms with Gasteiger partial charge in [-0.3, -0.25) is 4.79 Å². The Labute approximate surface area is 150 Å². The summed E-state index contributed by atoms with van der Waals surface area (Å²) < 4.78 is 32.5. The lowest BCUT2D eigenvalue weighted by Gasteiger charge is -2.12. The van der Waals surface area contributed by atoms with Crippen molar-refractivity contribution in [1.82, 2.24) is 10.0 Å². The largest absolute Gasteiger partial charge is 0.381 e. The molecule has 0 saturated heterocycles. The molecule has 0 heterocycles. The molecule has 0 radical (unpaired) electrons. The van der Waals surface area contributed by atoms with Crippen LogP contribution >= 0.6 is 0 Å². The number of rotatable bonds is 11. The van der Waals surface area contributed by atoms with E-state index in [-0.39, 0.29) is 16.8 Å². The minimum Gasteiger partial charge on any atom is -0.381 e. The van der Waals surface area contributed by atoms with Crippen LogP contribution in [-0.4, -0.2) is 40.1 Å². The van der Waals surface area contributed by atoms with E-state index in [0.717, 1.165) is 18.9 Å². The van der Waals surface area contributed by atoms with Gasteiger partial charge in [0, 0.05) is 31.4 Å². The molecule has 0 spiro atoms. The molecule has 1 fully saturated rings. The van der Waals surface area contributed by atoms with Gasteiger partial charge in [0.1, 0.15) is 0 Å². The van der Waals surface area contributed by atoms with E-state index in [4.69, 9.17) is 4.74 Å². The van der Waals surface area contributed by atoms with Crippen LogP contribution in [-0.2, 0) is 14.8 Å². The van der Waals surface area contributed by atoms with E-state index in [1.165, 1.54) is 37.1 Å². The van der Waals surface area contributed by atoms with Crippen molar-refractivity contribution >= 4 is 15.9 Å². The van der Waals surface area contributed by atoms with Gasteiger partial charge in [-0.1, -0.05) is 6.92 Å². The van der Waals surface area contributed by atoms with Crippen LogP contribution < -0.4 is 10.0 Å². The highest BCUT2D eigenvalue weighted by atomic mass is 32.2. The number of benzene rings is 1. The molecule has 1 aliphatic carbocycles. The molecule has 2 N–H and O–H groups in total. The Morgan fingerprint density at radius 2 is 1.96 bits per heavy atom. The Balaban J connectivity index is 1.76. The van der Waals surface area contributed by atoms with Gasteiger partial charge < -0.3 is 10.1 Å². The molecule has 1 aromatic rings. The number of amides is 1. The summed E-state index contributed by atoms with van der Waals surface area (Å²) in [6, 6.07) is 5.85. The quantitative estimate of drug-likeness (QED) is 0.587. The van der Waals surface area contributed by atoms with E-state index in [9.17, 15) is 13.2 Å². The fourth-order valence-corrected chi connectivity index (χ4v) is 3.54. The first kappa shape index (κ1) is 19.9. The highest BCUT2D eigenvalue weighted by molar-refractivity contribution is 7.89. The molecule has 25 heavy (non-hydrogen) atoms. The summed E-state index contributed by atoms with van der Waals surface area (Å²) in [6.45, 7) is 5.74. The zero-order valence-electron chi connectivity index (χ0n) is 15.0. The molecule has 0 aliphatic heterocycles. The van der Waals surface area contributed by atoms with E-state index in [1.54, 1.807) is 0 Å². The lowest BCUT2D eigenvalue weighted by atomic mass is 10.2. The van der Waals surface area contributed by atoms with Gasteiger partial charge in [0.05, 0.1) is 4.90 Å². The van der Waals surface area contributed by atoms with Crippen molar-refractivity contribution in [3.63, 3.8) is 0 Å². The average molecular weight is 368 g/mol. The number of hydrogen-bond donors (Lipinski definition) is 2. The van der Waals surface area contributed by atoms with Crippen molar-refractivity contribution in [2.24, 2.45) is 5.92 Å². The Bertz CT molecular complexity index is 654. The highest BCUT2D eigenvalue weighted by Crippen LogP contribution is 2.28. The summed E-state index contributed by atoms with van der Waals surface area (Å²) >= 11 is 0. The molecule has 2 rings (SSSR count). The van der Waals surface area contributed by atoms with Crippen LogP contribution in [0.5, 0.6) is 0 Å². The smallest absolute Gasteiger partial charge is 0.251 e. The van der Waals surface area contributed by atoms with Crippen LogP contribution in [0.1, 0.15) is 49.9 Å². The van der Waals surface area contributed by atoms with Crippen molar-refractivity contribution < 1.29 is 17.9 Å². The first-order chi connectivity index (χ1) is 11.9. The van der Waals surface area contributed by atoms with Crippen LogP contribution in [0.4, 0.5) is 0 Å². The fourth-order valence-electron chi connectivity index (χ4n) is 2.21. The third-order valence-corrected chi connectivity index (χ3v) is 5.80. The maximum atomic E-state index is 12.2. The zero-order chi connectivity index (χ0) is 18.3. The molecule has 6 nitrogen and oxygen atoms in total. The van der Waals surface area contributed by atoms with E-state index >= 15 is 0 Å². The van der Waals surface area contributed by atoms with Gasteiger partial charge in [-0.2, -0.15) is 0 Å². The molecule has 1 unspecified atom stereocenters. The monoisotopic (exact) mass is 368 g/mol. The van der Waals surface area contributed by atoms with E-state index < -0.39 is 10.0 Å². The molecule has 7 heteroatoms.